The first-order valence-electron chi connectivity index (χ1n) is 8.92. The molecule has 5 rings (SSSR count). The van der Waals surface area contributed by atoms with Gasteiger partial charge in [0, 0.05) is 42.2 Å². The van der Waals surface area contributed by atoms with E-state index in [1.165, 1.54) is 12.1 Å². The van der Waals surface area contributed by atoms with Gasteiger partial charge in [-0.25, -0.2) is 8.78 Å². The summed E-state index contributed by atoms with van der Waals surface area (Å²) in [4.78, 5) is 14.9. The van der Waals surface area contributed by atoms with Crippen LogP contribution in [0.4, 0.5) is 8.78 Å². The van der Waals surface area contributed by atoms with Gasteiger partial charge in [0.1, 0.15) is 17.7 Å². The summed E-state index contributed by atoms with van der Waals surface area (Å²) in [5.74, 6) is -0.482. The molecule has 0 spiro atoms. The first-order valence-corrected chi connectivity index (χ1v) is 8.92. The highest BCUT2D eigenvalue weighted by Gasteiger charge is 2.34. The number of aromatic nitrogens is 1. The SMILES string of the molecule is O=C(c1ccc2c(c1)OCO2)N1CCn2cccc2C1c1ccc(F)cc1F. The molecule has 7 heteroatoms. The van der Waals surface area contributed by atoms with Crippen molar-refractivity contribution in [3.05, 3.63) is 83.2 Å². The zero-order valence-corrected chi connectivity index (χ0v) is 14.8. The van der Waals surface area contributed by atoms with Crippen LogP contribution >= 0.6 is 0 Å². The van der Waals surface area contributed by atoms with Gasteiger partial charge in [-0.3, -0.25) is 4.79 Å². The number of rotatable bonds is 2. The monoisotopic (exact) mass is 382 g/mol. The number of nitrogens with zero attached hydrogens (tertiary/aromatic N) is 2. The van der Waals surface area contributed by atoms with Crippen LogP contribution in [0.25, 0.3) is 0 Å². The van der Waals surface area contributed by atoms with Crippen molar-refractivity contribution in [3.63, 3.8) is 0 Å². The molecule has 1 amide bonds. The summed E-state index contributed by atoms with van der Waals surface area (Å²) in [7, 11) is 0. The zero-order chi connectivity index (χ0) is 19.3. The number of carbonyl (C=O) groups excluding carboxylic acids is 1. The molecule has 28 heavy (non-hydrogen) atoms. The molecule has 1 atom stereocenters. The highest BCUT2D eigenvalue weighted by Crippen LogP contribution is 2.37. The third-order valence-electron chi connectivity index (χ3n) is 5.18. The van der Waals surface area contributed by atoms with Crippen LogP contribution in [0.3, 0.4) is 0 Å². The molecule has 2 aromatic carbocycles. The average molecular weight is 382 g/mol. The predicted molar refractivity (Wildman–Crippen MR) is 96.2 cm³/mol. The van der Waals surface area contributed by atoms with Gasteiger partial charge in [0.15, 0.2) is 11.5 Å². The minimum atomic E-state index is -0.678. The van der Waals surface area contributed by atoms with Crippen molar-refractivity contribution in [2.24, 2.45) is 0 Å². The molecule has 5 nitrogen and oxygen atoms in total. The molecule has 3 aromatic rings. The lowest BCUT2D eigenvalue weighted by Gasteiger charge is -2.37. The number of fused-ring (bicyclic) bond motifs is 2. The van der Waals surface area contributed by atoms with Crippen molar-refractivity contribution in [2.45, 2.75) is 12.6 Å². The zero-order valence-electron chi connectivity index (χ0n) is 14.8. The number of amides is 1. The van der Waals surface area contributed by atoms with Crippen LogP contribution in [0.5, 0.6) is 11.5 Å². The fraction of sp³-hybridized carbons (Fsp3) is 0.190. The van der Waals surface area contributed by atoms with E-state index in [-0.39, 0.29) is 18.3 Å². The van der Waals surface area contributed by atoms with Crippen LogP contribution < -0.4 is 9.47 Å². The number of benzene rings is 2. The minimum absolute atomic E-state index is 0.119. The summed E-state index contributed by atoms with van der Waals surface area (Å²) in [5, 5.41) is 0. The van der Waals surface area contributed by atoms with Crippen molar-refractivity contribution in [1.82, 2.24) is 9.47 Å². The smallest absolute Gasteiger partial charge is 0.254 e. The van der Waals surface area contributed by atoms with Crippen molar-refractivity contribution in [1.29, 1.82) is 0 Å². The Morgan fingerprint density at radius 2 is 1.86 bits per heavy atom. The maximum absolute atomic E-state index is 14.6. The van der Waals surface area contributed by atoms with E-state index in [1.54, 1.807) is 23.1 Å². The normalized spacial score (nSPS) is 17.5. The Morgan fingerprint density at radius 1 is 1.00 bits per heavy atom. The molecule has 0 saturated heterocycles. The average Bonchev–Trinajstić information content (AvgIpc) is 3.35. The molecule has 0 saturated carbocycles. The largest absolute Gasteiger partial charge is 0.454 e. The van der Waals surface area contributed by atoms with Gasteiger partial charge >= 0.3 is 0 Å². The molecule has 0 N–H and O–H groups in total. The summed E-state index contributed by atoms with van der Waals surface area (Å²) < 4.78 is 40.7. The van der Waals surface area contributed by atoms with E-state index in [0.717, 1.165) is 11.8 Å². The highest BCUT2D eigenvalue weighted by atomic mass is 19.1. The molecule has 1 unspecified atom stereocenters. The summed E-state index contributed by atoms with van der Waals surface area (Å²) >= 11 is 0. The molecule has 3 heterocycles. The number of hydrogen-bond donors (Lipinski definition) is 0. The quantitative estimate of drug-likeness (QED) is 0.678. The summed E-state index contributed by atoms with van der Waals surface area (Å²) in [6.07, 6.45) is 1.89. The predicted octanol–water partition coefficient (Wildman–Crippen LogP) is 3.74. The molecule has 0 fully saturated rings. The third kappa shape index (κ3) is 2.62. The second-order valence-electron chi connectivity index (χ2n) is 6.76. The molecular formula is C21H16F2N2O3. The number of hydrogen-bond acceptors (Lipinski definition) is 3. The lowest BCUT2D eigenvalue weighted by atomic mass is 9.98. The van der Waals surface area contributed by atoms with Crippen molar-refractivity contribution >= 4 is 5.91 Å². The fourth-order valence-electron chi connectivity index (χ4n) is 3.85. The fourth-order valence-corrected chi connectivity index (χ4v) is 3.85. The standard InChI is InChI=1S/C21H16F2N2O3/c22-14-4-5-15(16(23)11-14)20-17-2-1-7-24(17)8-9-25(20)21(26)13-3-6-18-19(10-13)28-12-27-18/h1-7,10-11,20H,8-9,12H2. The van der Waals surface area contributed by atoms with Gasteiger partial charge in [-0.1, -0.05) is 6.07 Å². The second kappa shape index (κ2) is 6.37. The van der Waals surface area contributed by atoms with E-state index in [9.17, 15) is 13.6 Å². The van der Waals surface area contributed by atoms with E-state index < -0.39 is 17.7 Å². The van der Waals surface area contributed by atoms with Gasteiger partial charge < -0.3 is 18.9 Å². The maximum atomic E-state index is 14.6. The Bertz CT molecular complexity index is 1080. The molecular weight excluding hydrogens is 366 g/mol. The van der Waals surface area contributed by atoms with Crippen molar-refractivity contribution in [2.75, 3.05) is 13.3 Å². The minimum Gasteiger partial charge on any atom is -0.454 e. The van der Waals surface area contributed by atoms with Crippen LogP contribution in [0.2, 0.25) is 0 Å². The molecule has 0 bridgehead atoms. The number of carbonyl (C=O) groups is 1. The van der Waals surface area contributed by atoms with E-state index in [4.69, 9.17) is 9.47 Å². The molecule has 1 aromatic heterocycles. The lowest BCUT2D eigenvalue weighted by Crippen LogP contribution is -2.42. The van der Waals surface area contributed by atoms with Gasteiger partial charge in [0.25, 0.3) is 5.91 Å². The second-order valence-corrected chi connectivity index (χ2v) is 6.76. The Kier molecular flexibility index (Phi) is 3.82. The van der Waals surface area contributed by atoms with Gasteiger partial charge in [-0.05, 0) is 36.4 Å². The molecule has 0 radical (unpaired) electrons. The van der Waals surface area contributed by atoms with Crippen LogP contribution in [0, 0.1) is 11.6 Å². The molecule has 142 valence electrons. The van der Waals surface area contributed by atoms with Gasteiger partial charge in [0.05, 0.1) is 0 Å². The summed E-state index contributed by atoms with van der Waals surface area (Å²) in [5.41, 5.74) is 1.47. The van der Waals surface area contributed by atoms with Crippen LogP contribution in [-0.4, -0.2) is 28.7 Å². The van der Waals surface area contributed by atoms with Crippen molar-refractivity contribution in [3.8, 4) is 11.5 Å². The molecule has 0 aliphatic carbocycles. The third-order valence-corrected chi connectivity index (χ3v) is 5.18. The Morgan fingerprint density at radius 3 is 2.71 bits per heavy atom. The van der Waals surface area contributed by atoms with Gasteiger partial charge in [-0.15, -0.1) is 0 Å². The van der Waals surface area contributed by atoms with Crippen LogP contribution in [0.15, 0.2) is 54.7 Å². The van der Waals surface area contributed by atoms with Gasteiger partial charge in [-0.2, -0.15) is 0 Å². The Balaban J connectivity index is 1.58. The number of ether oxygens (including phenoxy) is 2. The van der Waals surface area contributed by atoms with E-state index in [2.05, 4.69) is 0 Å². The lowest BCUT2D eigenvalue weighted by molar-refractivity contribution is 0.0660. The molecule has 2 aliphatic heterocycles. The van der Waals surface area contributed by atoms with Crippen molar-refractivity contribution < 1.29 is 23.0 Å². The first-order chi connectivity index (χ1) is 13.6. The summed E-state index contributed by atoms with van der Waals surface area (Å²) in [6, 6.07) is 11.5. The highest BCUT2D eigenvalue weighted by molar-refractivity contribution is 5.95. The Hall–Kier alpha value is -3.35. The van der Waals surface area contributed by atoms with E-state index in [1.807, 2.05) is 22.9 Å². The Labute approximate surface area is 159 Å². The van der Waals surface area contributed by atoms with E-state index >= 15 is 0 Å². The maximum Gasteiger partial charge on any atom is 0.254 e. The van der Waals surface area contributed by atoms with Crippen LogP contribution in [0.1, 0.15) is 27.7 Å². The van der Waals surface area contributed by atoms with E-state index in [0.29, 0.717) is 30.2 Å². The number of halogens is 2. The van der Waals surface area contributed by atoms with Gasteiger partial charge in [0.2, 0.25) is 6.79 Å². The summed E-state index contributed by atoms with van der Waals surface area (Å²) in [6.45, 7) is 1.11. The topological polar surface area (TPSA) is 43.7 Å². The first kappa shape index (κ1) is 16.8. The van der Waals surface area contributed by atoms with Crippen LogP contribution in [-0.2, 0) is 6.54 Å². The molecule has 2 aliphatic rings.